The Morgan fingerprint density at radius 3 is 2.52 bits per heavy atom. The highest BCUT2D eigenvalue weighted by Gasteiger charge is 2.30. The number of rotatable bonds is 3. The molecule has 9 heteroatoms. The van der Waals surface area contributed by atoms with E-state index in [4.69, 9.17) is 16.7 Å². The molecule has 1 aliphatic heterocycles. The summed E-state index contributed by atoms with van der Waals surface area (Å²) in [5.41, 5.74) is 4.64. The number of anilines is 1. The van der Waals surface area contributed by atoms with E-state index in [9.17, 15) is 4.39 Å². The van der Waals surface area contributed by atoms with E-state index in [1.165, 1.54) is 17.1 Å². The lowest BCUT2D eigenvalue weighted by atomic mass is 10.00. The van der Waals surface area contributed by atoms with Gasteiger partial charge in [-0.3, -0.25) is 9.55 Å². The van der Waals surface area contributed by atoms with E-state index in [-0.39, 0.29) is 5.82 Å². The summed E-state index contributed by atoms with van der Waals surface area (Å²) < 4.78 is 15.4. The molecule has 1 aromatic carbocycles. The maximum atomic E-state index is 13.4. The first-order valence-corrected chi connectivity index (χ1v) is 10.9. The summed E-state index contributed by atoms with van der Waals surface area (Å²) >= 11 is 7.82. The van der Waals surface area contributed by atoms with Gasteiger partial charge in [-0.05, 0) is 50.6 Å². The smallest absolute Gasteiger partial charge is 0.253 e. The lowest BCUT2D eigenvalue weighted by molar-refractivity contribution is 0.618. The summed E-state index contributed by atoms with van der Waals surface area (Å²) in [5.74, 6) is 0.981. The van der Waals surface area contributed by atoms with Gasteiger partial charge >= 0.3 is 0 Å². The minimum absolute atomic E-state index is 0.322. The molecule has 5 rings (SSSR count). The van der Waals surface area contributed by atoms with Gasteiger partial charge in [0.2, 0.25) is 0 Å². The summed E-state index contributed by atoms with van der Waals surface area (Å²) in [7, 11) is 0. The van der Waals surface area contributed by atoms with E-state index < -0.39 is 0 Å². The zero-order valence-electron chi connectivity index (χ0n) is 17.1. The van der Waals surface area contributed by atoms with E-state index in [0.717, 1.165) is 33.2 Å². The molecule has 0 aliphatic carbocycles. The minimum atomic E-state index is -0.378. The lowest BCUT2D eigenvalue weighted by Gasteiger charge is -2.17. The molecule has 0 atom stereocenters. The topological polar surface area (TPSA) is 59.2 Å². The van der Waals surface area contributed by atoms with Gasteiger partial charge in [0.1, 0.15) is 22.4 Å². The van der Waals surface area contributed by atoms with Crippen molar-refractivity contribution < 1.29 is 4.39 Å². The molecule has 0 radical (unpaired) electrons. The fourth-order valence-corrected chi connectivity index (χ4v) is 4.91. The zero-order chi connectivity index (χ0) is 21.7. The van der Waals surface area contributed by atoms with Gasteiger partial charge in [-0.15, -0.1) is 21.5 Å². The van der Waals surface area contributed by atoms with Gasteiger partial charge in [0.05, 0.1) is 18.4 Å². The molecule has 0 unspecified atom stereocenters. The largest absolute Gasteiger partial charge is 0.256 e. The molecule has 1 aliphatic rings. The third kappa shape index (κ3) is 3.41. The Hall–Kier alpha value is -3.10. The van der Waals surface area contributed by atoms with Crippen molar-refractivity contribution in [2.75, 3.05) is 5.01 Å². The molecule has 0 amide bonds. The van der Waals surface area contributed by atoms with Gasteiger partial charge < -0.3 is 0 Å². The normalized spacial score (nSPS) is 12.9. The first kappa shape index (κ1) is 19.8. The van der Waals surface area contributed by atoms with Crippen LogP contribution in [0.25, 0.3) is 5.00 Å². The Morgan fingerprint density at radius 2 is 1.81 bits per heavy atom. The first-order valence-electron chi connectivity index (χ1n) is 9.67. The van der Waals surface area contributed by atoms with Gasteiger partial charge in [0, 0.05) is 21.0 Å². The molecule has 3 aromatic heterocycles. The van der Waals surface area contributed by atoms with Crippen LogP contribution in [0, 0.1) is 26.6 Å². The molecular formula is C22H18ClFN6S. The Morgan fingerprint density at radius 1 is 1.03 bits per heavy atom. The molecular weight excluding hydrogens is 435 g/mol. The summed E-state index contributed by atoms with van der Waals surface area (Å²) in [6.07, 6.45) is 1.21. The number of nitrogens with zero attached hydrogens (tertiary/aromatic N) is 6. The van der Waals surface area contributed by atoms with Gasteiger partial charge in [-0.2, -0.15) is 5.10 Å². The predicted molar refractivity (Wildman–Crippen MR) is 121 cm³/mol. The summed E-state index contributed by atoms with van der Waals surface area (Å²) in [6, 6.07) is 10.7. The highest BCUT2D eigenvalue weighted by atomic mass is 35.5. The van der Waals surface area contributed by atoms with Crippen molar-refractivity contribution in [3.05, 3.63) is 86.5 Å². The molecule has 0 saturated heterocycles. The molecule has 4 heterocycles. The Balaban J connectivity index is 1.74. The van der Waals surface area contributed by atoms with Crippen molar-refractivity contribution in [3.8, 4) is 5.00 Å². The minimum Gasteiger partial charge on any atom is -0.256 e. The van der Waals surface area contributed by atoms with E-state index in [1.807, 2.05) is 35.8 Å². The summed E-state index contributed by atoms with van der Waals surface area (Å²) in [5, 5.41) is 17.2. The van der Waals surface area contributed by atoms with Crippen molar-refractivity contribution in [1.82, 2.24) is 19.7 Å². The Bertz CT molecular complexity index is 1310. The van der Waals surface area contributed by atoms with E-state index >= 15 is 0 Å². The van der Waals surface area contributed by atoms with Crippen LogP contribution >= 0.6 is 22.9 Å². The summed E-state index contributed by atoms with van der Waals surface area (Å²) in [4.78, 5) is 5.41. The van der Waals surface area contributed by atoms with Crippen molar-refractivity contribution in [2.45, 2.75) is 27.3 Å². The molecule has 156 valence electrons. The number of hydrogen-bond donors (Lipinski definition) is 0. The van der Waals surface area contributed by atoms with Gasteiger partial charge in [0.25, 0.3) is 5.95 Å². The van der Waals surface area contributed by atoms with Crippen LogP contribution in [0.5, 0.6) is 0 Å². The number of aromatic nitrogens is 4. The quantitative estimate of drug-likeness (QED) is 0.428. The van der Waals surface area contributed by atoms with Gasteiger partial charge in [0.15, 0.2) is 0 Å². The SMILES string of the molecule is Cc1sc2c(c1C)C(c1ccc(Cl)cc1)=NN(Cc1ccc(F)cn1)c1nnc(C)n1-2. The summed E-state index contributed by atoms with van der Waals surface area (Å²) in [6.45, 7) is 6.45. The van der Waals surface area contributed by atoms with Crippen molar-refractivity contribution in [2.24, 2.45) is 5.10 Å². The van der Waals surface area contributed by atoms with Crippen molar-refractivity contribution in [1.29, 1.82) is 0 Å². The number of thiophene rings is 1. The molecule has 31 heavy (non-hydrogen) atoms. The highest BCUT2D eigenvalue weighted by molar-refractivity contribution is 7.15. The third-order valence-electron chi connectivity index (χ3n) is 5.28. The zero-order valence-corrected chi connectivity index (χ0v) is 18.7. The second-order valence-corrected chi connectivity index (χ2v) is 8.97. The average Bonchev–Trinajstić information content (AvgIpc) is 3.23. The molecule has 6 nitrogen and oxygen atoms in total. The van der Waals surface area contributed by atoms with Crippen LogP contribution in [0.2, 0.25) is 5.02 Å². The highest BCUT2D eigenvalue weighted by Crippen LogP contribution is 2.38. The Labute approximate surface area is 187 Å². The number of hydrogen-bond acceptors (Lipinski definition) is 6. The molecule has 0 N–H and O–H groups in total. The van der Waals surface area contributed by atoms with Crippen LogP contribution < -0.4 is 5.01 Å². The standard InChI is InChI=1S/C22H18ClFN6S/c1-12-13(2)31-21-19(12)20(15-4-6-16(23)7-5-15)28-29(22-27-26-14(3)30(21)22)11-18-9-8-17(24)10-25-18/h4-10H,11H2,1-3H3. The van der Waals surface area contributed by atoms with E-state index in [1.54, 1.807) is 22.4 Å². The van der Waals surface area contributed by atoms with E-state index in [0.29, 0.717) is 23.2 Å². The fourth-order valence-electron chi connectivity index (χ4n) is 3.59. The van der Waals surface area contributed by atoms with Crippen LogP contribution in [0.3, 0.4) is 0 Å². The monoisotopic (exact) mass is 452 g/mol. The maximum absolute atomic E-state index is 13.4. The van der Waals surface area contributed by atoms with Crippen LogP contribution in [0.1, 0.15) is 33.1 Å². The fraction of sp³-hybridized carbons (Fsp3) is 0.182. The third-order valence-corrected chi connectivity index (χ3v) is 6.73. The molecule has 4 aromatic rings. The number of fused-ring (bicyclic) bond motifs is 3. The first-order chi connectivity index (χ1) is 14.9. The van der Waals surface area contributed by atoms with Gasteiger partial charge in [-0.1, -0.05) is 23.7 Å². The maximum Gasteiger partial charge on any atom is 0.253 e. The molecule has 0 saturated carbocycles. The predicted octanol–water partition coefficient (Wildman–Crippen LogP) is 5.21. The Kier molecular flexibility index (Phi) is 4.83. The number of benzene rings is 1. The van der Waals surface area contributed by atoms with Crippen LogP contribution in [0.4, 0.5) is 10.3 Å². The number of pyridine rings is 1. The van der Waals surface area contributed by atoms with Gasteiger partial charge in [-0.25, -0.2) is 9.40 Å². The van der Waals surface area contributed by atoms with Crippen LogP contribution in [-0.4, -0.2) is 25.5 Å². The number of hydrazone groups is 1. The lowest BCUT2D eigenvalue weighted by Crippen LogP contribution is -2.21. The van der Waals surface area contributed by atoms with Crippen molar-refractivity contribution in [3.63, 3.8) is 0 Å². The van der Waals surface area contributed by atoms with Crippen LogP contribution in [-0.2, 0) is 6.54 Å². The average molecular weight is 453 g/mol. The molecule has 0 spiro atoms. The molecule has 0 bridgehead atoms. The van der Waals surface area contributed by atoms with E-state index in [2.05, 4.69) is 29.0 Å². The second-order valence-electron chi connectivity index (χ2n) is 7.33. The second kappa shape index (κ2) is 7.55. The number of halogens is 2. The number of aryl methyl sites for hydroxylation is 2. The molecule has 0 fully saturated rings. The van der Waals surface area contributed by atoms with Crippen molar-refractivity contribution >= 4 is 34.6 Å². The van der Waals surface area contributed by atoms with Crippen LogP contribution in [0.15, 0.2) is 47.7 Å².